The van der Waals surface area contributed by atoms with Gasteiger partial charge in [-0.25, -0.2) is 0 Å². The average molecular weight is 369 g/mol. The highest BCUT2D eigenvalue weighted by Crippen LogP contribution is 2.30. The van der Waals surface area contributed by atoms with Gasteiger partial charge in [0.1, 0.15) is 5.17 Å². The topological polar surface area (TPSA) is 32.6 Å². The molecule has 21 heavy (non-hydrogen) atoms. The lowest BCUT2D eigenvalue weighted by molar-refractivity contribution is 0.191. The summed E-state index contributed by atoms with van der Waals surface area (Å²) in [4.78, 5) is 4.51. The fraction of sp³-hybridized carbons (Fsp3) is 0.353. The number of hydrogen-bond acceptors (Lipinski definition) is 2. The van der Waals surface area contributed by atoms with Crippen LogP contribution in [0.5, 0.6) is 0 Å². The monoisotopic (exact) mass is 367 g/mol. The highest BCUT2D eigenvalue weighted by Gasteiger charge is 2.24. The van der Waals surface area contributed by atoms with E-state index in [-0.39, 0.29) is 18.1 Å². The predicted octanol–water partition coefficient (Wildman–Crippen LogP) is 4.99. The van der Waals surface area contributed by atoms with Crippen LogP contribution < -0.4 is 0 Å². The van der Waals surface area contributed by atoms with Gasteiger partial charge in [-0.3, -0.25) is 4.99 Å². The van der Waals surface area contributed by atoms with Crippen molar-refractivity contribution < 1.29 is 5.11 Å². The van der Waals surface area contributed by atoms with Crippen molar-refractivity contribution in [3.63, 3.8) is 0 Å². The summed E-state index contributed by atoms with van der Waals surface area (Å²) in [5.41, 5.74) is 0.705. The molecule has 0 radical (unpaired) electrons. The van der Waals surface area contributed by atoms with Gasteiger partial charge in [0.2, 0.25) is 0 Å². The molecule has 0 unspecified atom stereocenters. The molecule has 0 spiro atoms. The maximum Gasteiger partial charge on any atom is 0.132 e. The summed E-state index contributed by atoms with van der Waals surface area (Å²) in [7, 11) is 0. The molecule has 0 bridgehead atoms. The highest BCUT2D eigenvalue weighted by molar-refractivity contribution is 9.10. The predicted molar refractivity (Wildman–Crippen MR) is 94.4 cm³/mol. The second kappa shape index (κ2) is 6.47. The standard InChI is InChI=1S/C17H19BrClNO/c1-17(2,3)14(10-21)20-16(19)13-9-8-11-6-4-5-7-12(11)15(13)18/h4-9,14,21H,10H2,1-3H3/t14-/m1/s1. The summed E-state index contributed by atoms with van der Waals surface area (Å²) in [6.45, 7) is 6.09. The van der Waals surface area contributed by atoms with Crippen LogP contribution in [-0.2, 0) is 0 Å². The van der Waals surface area contributed by atoms with Gasteiger partial charge in [-0.2, -0.15) is 0 Å². The third-order valence-corrected chi connectivity index (χ3v) is 4.68. The normalized spacial score (nSPS) is 14.5. The molecule has 2 rings (SSSR count). The lowest BCUT2D eigenvalue weighted by Crippen LogP contribution is -2.28. The number of fused-ring (bicyclic) bond motifs is 1. The Labute approximate surface area is 139 Å². The first kappa shape index (κ1) is 16.5. The molecular weight excluding hydrogens is 350 g/mol. The van der Waals surface area contributed by atoms with E-state index in [0.29, 0.717) is 5.17 Å². The summed E-state index contributed by atoms with van der Waals surface area (Å²) < 4.78 is 0.931. The summed E-state index contributed by atoms with van der Waals surface area (Å²) in [5.74, 6) is 0. The number of aliphatic imine (C=N–C) groups is 1. The fourth-order valence-electron chi connectivity index (χ4n) is 2.11. The van der Waals surface area contributed by atoms with E-state index in [1.165, 1.54) is 0 Å². The van der Waals surface area contributed by atoms with Crippen molar-refractivity contribution in [2.75, 3.05) is 6.61 Å². The summed E-state index contributed by atoms with van der Waals surface area (Å²) >= 11 is 10.0. The van der Waals surface area contributed by atoms with E-state index in [4.69, 9.17) is 11.6 Å². The van der Waals surface area contributed by atoms with Crippen LogP contribution in [0.25, 0.3) is 10.8 Å². The van der Waals surface area contributed by atoms with E-state index in [1.807, 2.05) is 51.1 Å². The van der Waals surface area contributed by atoms with Crippen molar-refractivity contribution in [3.05, 3.63) is 46.4 Å². The molecule has 4 heteroatoms. The summed E-state index contributed by atoms with van der Waals surface area (Å²) in [6.07, 6.45) is 0. The number of aliphatic hydroxyl groups is 1. The van der Waals surface area contributed by atoms with E-state index in [2.05, 4.69) is 27.0 Å². The van der Waals surface area contributed by atoms with Crippen molar-refractivity contribution in [1.29, 1.82) is 0 Å². The minimum Gasteiger partial charge on any atom is -0.394 e. The van der Waals surface area contributed by atoms with Gasteiger partial charge in [-0.05, 0) is 32.1 Å². The van der Waals surface area contributed by atoms with Gasteiger partial charge < -0.3 is 5.11 Å². The molecule has 0 aliphatic heterocycles. The van der Waals surface area contributed by atoms with Crippen LogP contribution in [-0.4, -0.2) is 22.9 Å². The third-order valence-electron chi connectivity index (χ3n) is 3.53. The second-order valence-corrected chi connectivity index (χ2v) is 7.28. The first-order valence-electron chi connectivity index (χ1n) is 6.86. The highest BCUT2D eigenvalue weighted by atomic mass is 79.9. The lowest BCUT2D eigenvalue weighted by atomic mass is 9.88. The minimum absolute atomic E-state index is 0.0229. The zero-order valence-corrected chi connectivity index (χ0v) is 14.7. The van der Waals surface area contributed by atoms with E-state index in [9.17, 15) is 5.11 Å². The molecule has 0 saturated heterocycles. The van der Waals surface area contributed by atoms with Gasteiger partial charge in [-0.15, -0.1) is 0 Å². The van der Waals surface area contributed by atoms with E-state index in [0.717, 1.165) is 20.8 Å². The number of hydrogen-bond donors (Lipinski definition) is 1. The molecule has 0 amide bonds. The van der Waals surface area contributed by atoms with Gasteiger partial charge in [0.15, 0.2) is 0 Å². The van der Waals surface area contributed by atoms with Crippen LogP contribution in [0.3, 0.4) is 0 Å². The Bertz CT molecular complexity index is 676. The zero-order valence-electron chi connectivity index (χ0n) is 12.4. The van der Waals surface area contributed by atoms with Crippen LogP contribution in [0.1, 0.15) is 26.3 Å². The van der Waals surface area contributed by atoms with Gasteiger partial charge in [0.25, 0.3) is 0 Å². The molecule has 2 aromatic rings. The lowest BCUT2D eigenvalue weighted by Gasteiger charge is -2.25. The van der Waals surface area contributed by atoms with Crippen molar-refractivity contribution >= 4 is 43.5 Å². The van der Waals surface area contributed by atoms with Crippen molar-refractivity contribution in [2.45, 2.75) is 26.8 Å². The molecule has 0 fully saturated rings. The Morgan fingerprint density at radius 3 is 2.52 bits per heavy atom. The van der Waals surface area contributed by atoms with Crippen molar-refractivity contribution in [2.24, 2.45) is 10.4 Å². The number of nitrogens with zero attached hydrogens (tertiary/aromatic N) is 1. The number of benzene rings is 2. The molecule has 0 aromatic heterocycles. The number of halogens is 2. The van der Waals surface area contributed by atoms with Crippen molar-refractivity contribution in [1.82, 2.24) is 0 Å². The molecule has 1 N–H and O–H groups in total. The van der Waals surface area contributed by atoms with Crippen LogP contribution in [0.2, 0.25) is 0 Å². The molecule has 2 aromatic carbocycles. The Kier molecular flexibility index (Phi) is 5.07. The molecule has 112 valence electrons. The summed E-state index contributed by atoms with van der Waals surface area (Å²) in [5, 5.41) is 12.2. The SMILES string of the molecule is CC(C)(C)[C@@H](CO)N=C(Cl)c1ccc2ccccc2c1Br. The van der Waals surface area contributed by atoms with Crippen LogP contribution >= 0.6 is 27.5 Å². The van der Waals surface area contributed by atoms with Gasteiger partial charge in [0.05, 0.1) is 12.6 Å². The second-order valence-electron chi connectivity index (χ2n) is 6.13. The molecular formula is C17H19BrClNO. The van der Waals surface area contributed by atoms with Crippen LogP contribution in [0, 0.1) is 5.41 Å². The first-order chi connectivity index (χ1) is 9.84. The summed E-state index contributed by atoms with van der Waals surface area (Å²) in [6, 6.07) is 11.8. The first-order valence-corrected chi connectivity index (χ1v) is 8.03. The molecule has 1 atom stereocenters. The smallest absolute Gasteiger partial charge is 0.132 e. The molecule has 0 heterocycles. The quantitative estimate of drug-likeness (QED) is 0.760. The average Bonchev–Trinajstić information content (AvgIpc) is 2.44. The third kappa shape index (κ3) is 3.65. The maximum atomic E-state index is 9.52. The van der Waals surface area contributed by atoms with Crippen LogP contribution in [0.4, 0.5) is 0 Å². The number of aliphatic hydroxyl groups excluding tert-OH is 1. The van der Waals surface area contributed by atoms with E-state index < -0.39 is 0 Å². The Morgan fingerprint density at radius 2 is 1.90 bits per heavy atom. The zero-order chi connectivity index (χ0) is 15.6. The van der Waals surface area contributed by atoms with E-state index >= 15 is 0 Å². The fourth-order valence-corrected chi connectivity index (χ4v) is 3.18. The molecule has 0 aliphatic rings. The van der Waals surface area contributed by atoms with Crippen LogP contribution in [0.15, 0.2) is 45.9 Å². The number of rotatable bonds is 3. The largest absolute Gasteiger partial charge is 0.394 e. The Hall–Kier alpha value is -0.900. The minimum atomic E-state index is -0.233. The van der Waals surface area contributed by atoms with Crippen molar-refractivity contribution in [3.8, 4) is 0 Å². The maximum absolute atomic E-state index is 9.52. The molecule has 2 nitrogen and oxygen atoms in total. The van der Waals surface area contributed by atoms with Gasteiger partial charge in [0, 0.05) is 10.0 Å². The Morgan fingerprint density at radius 1 is 1.24 bits per heavy atom. The van der Waals surface area contributed by atoms with Gasteiger partial charge >= 0.3 is 0 Å². The Balaban J connectivity index is 2.48. The molecule has 0 aliphatic carbocycles. The van der Waals surface area contributed by atoms with Gasteiger partial charge in [-0.1, -0.05) is 68.8 Å². The van der Waals surface area contributed by atoms with E-state index in [1.54, 1.807) is 0 Å². The molecule has 0 saturated carbocycles.